The highest BCUT2D eigenvalue weighted by Crippen LogP contribution is 2.27. The summed E-state index contributed by atoms with van der Waals surface area (Å²) in [6, 6.07) is -0.332. The molecule has 1 aromatic rings. The monoisotopic (exact) mass is 267 g/mol. The van der Waals surface area contributed by atoms with E-state index in [4.69, 9.17) is 11.6 Å². The molecule has 0 radical (unpaired) electrons. The Morgan fingerprint density at radius 2 is 1.94 bits per heavy atom. The van der Waals surface area contributed by atoms with Crippen molar-refractivity contribution in [3.63, 3.8) is 0 Å². The Kier molecular flexibility index (Phi) is 4.19. The minimum absolute atomic E-state index is 0.169. The Labute approximate surface area is 103 Å². The Bertz CT molecular complexity index is 393. The number of nitrogens with zero attached hydrogens (tertiary/aromatic N) is 3. The van der Waals surface area contributed by atoms with Crippen molar-refractivity contribution in [2.45, 2.75) is 33.0 Å². The van der Waals surface area contributed by atoms with Crippen LogP contribution >= 0.6 is 11.6 Å². The summed E-state index contributed by atoms with van der Waals surface area (Å²) in [7, 11) is 0. The molecule has 7 heteroatoms. The topological polar surface area (TPSA) is 29.0 Å². The van der Waals surface area contributed by atoms with Gasteiger partial charge in [-0.2, -0.15) is 13.2 Å². The average Bonchev–Trinajstić information content (AvgIpc) is 2.17. The van der Waals surface area contributed by atoms with E-state index in [-0.39, 0.29) is 17.0 Å². The molecule has 1 rings (SSSR count). The molecule has 0 N–H and O–H groups in total. The molecule has 0 amide bonds. The minimum Gasteiger partial charge on any atom is -0.345 e. The molecule has 0 aliphatic rings. The van der Waals surface area contributed by atoms with Crippen LogP contribution in [-0.4, -0.2) is 28.7 Å². The van der Waals surface area contributed by atoms with E-state index in [1.54, 1.807) is 20.8 Å². The molecule has 0 saturated heterocycles. The molecule has 0 atom stereocenters. The fraction of sp³-hybridized carbons (Fsp3) is 0.600. The van der Waals surface area contributed by atoms with Crippen LogP contribution in [0.4, 0.5) is 19.0 Å². The zero-order chi connectivity index (χ0) is 13.2. The summed E-state index contributed by atoms with van der Waals surface area (Å²) >= 11 is 5.77. The van der Waals surface area contributed by atoms with Gasteiger partial charge in [0, 0.05) is 11.6 Å². The number of hydrogen-bond acceptors (Lipinski definition) is 3. The minimum atomic E-state index is -4.28. The molecule has 1 aromatic heterocycles. The summed E-state index contributed by atoms with van der Waals surface area (Å²) < 4.78 is 37.4. The van der Waals surface area contributed by atoms with Crippen LogP contribution in [0.5, 0.6) is 0 Å². The van der Waals surface area contributed by atoms with Gasteiger partial charge >= 0.3 is 6.18 Å². The van der Waals surface area contributed by atoms with Crippen molar-refractivity contribution in [3.05, 3.63) is 17.0 Å². The Balaban J connectivity index is 3.10. The van der Waals surface area contributed by atoms with Gasteiger partial charge in [0.2, 0.25) is 0 Å². The fourth-order valence-electron chi connectivity index (χ4n) is 1.40. The predicted octanol–water partition coefficient (Wildman–Crippen LogP) is 3.22. The molecular weight excluding hydrogens is 255 g/mol. The van der Waals surface area contributed by atoms with E-state index in [0.29, 0.717) is 5.56 Å². The molecule has 0 fully saturated rings. The van der Waals surface area contributed by atoms with Crippen LogP contribution in [-0.2, 0) is 0 Å². The summed E-state index contributed by atoms with van der Waals surface area (Å²) in [5, 5.41) is 0.169. The van der Waals surface area contributed by atoms with Crippen molar-refractivity contribution in [2.24, 2.45) is 0 Å². The van der Waals surface area contributed by atoms with Gasteiger partial charge in [-0.3, -0.25) is 0 Å². The lowest BCUT2D eigenvalue weighted by Crippen LogP contribution is -2.40. The molecule has 0 aliphatic heterocycles. The lowest BCUT2D eigenvalue weighted by molar-refractivity contribution is -0.120. The summed E-state index contributed by atoms with van der Waals surface area (Å²) in [4.78, 5) is 8.75. The molecular formula is C10H13ClF3N3. The molecule has 0 aromatic carbocycles. The van der Waals surface area contributed by atoms with Crippen molar-refractivity contribution in [1.82, 2.24) is 9.97 Å². The van der Waals surface area contributed by atoms with Crippen molar-refractivity contribution >= 4 is 17.4 Å². The van der Waals surface area contributed by atoms with E-state index in [1.807, 2.05) is 0 Å². The normalized spacial score (nSPS) is 12.0. The van der Waals surface area contributed by atoms with E-state index in [1.165, 1.54) is 0 Å². The van der Waals surface area contributed by atoms with E-state index < -0.39 is 12.7 Å². The summed E-state index contributed by atoms with van der Waals surface area (Å²) in [6.45, 7) is 3.88. The van der Waals surface area contributed by atoms with Crippen molar-refractivity contribution in [3.8, 4) is 0 Å². The Hall–Kier alpha value is -1.04. The number of halogens is 4. The molecule has 3 nitrogen and oxygen atoms in total. The maximum atomic E-state index is 12.5. The summed E-state index contributed by atoms with van der Waals surface area (Å²) in [5.74, 6) is 0.220. The molecule has 0 bridgehead atoms. The van der Waals surface area contributed by atoms with Crippen LogP contribution in [0.25, 0.3) is 0 Å². The largest absolute Gasteiger partial charge is 0.405 e. The number of alkyl halides is 3. The smallest absolute Gasteiger partial charge is 0.345 e. The first-order valence-electron chi connectivity index (χ1n) is 5.03. The van der Waals surface area contributed by atoms with Crippen LogP contribution in [0.1, 0.15) is 19.4 Å². The average molecular weight is 268 g/mol. The lowest BCUT2D eigenvalue weighted by atomic mass is 10.2. The van der Waals surface area contributed by atoms with E-state index in [9.17, 15) is 13.2 Å². The highest BCUT2D eigenvalue weighted by atomic mass is 35.5. The van der Waals surface area contributed by atoms with Gasteiger partial charge in [-0.05, 0) is 20.8 Å². The number of rotatable bonds is 3. The number of hydrogen-bond donors (Lipinski definition) is 0. The SMILES string of the molecule is Cc1c(Cl)ncnc1N(CC(F)(F)F)C(C)C. The van der Waals surface area contributed by atoms with Gasteiger partial charge in [-0.25, -0.2) is 9.97 Å². The number of anilines is 1. The van der Waals surface area contributed by atoms with Crippen molar-refractivity contribution < 1.29 is 13.2 Å². The number of aromatic nitrogens is 2. The van der Waals surface area contributed by atoms with Gasteiger partial charge in [-0.15, -0.1) is 0 Å². The van der Waals surface area contributed by atoms with Gasteiger partial charge in [-0.1, -0.05) is 11.6 Å². The summed E-state index contributed by atoms with van der Waals surface area (Å²) in [6.07, 6.45) is -3.12. The maximum absolute atomic E-state index is 12.5. The Morgan fingerprint density at radius 3 is 2.41 bits per heavy atom. The fourth-order valence-corrected chi connectivity index (χ4v) is 1.53. The molecule has 96 valence electrons. The quantitative estimate of drug-likeness (QED) is 0.788. The highest BCUT2D eigenvalue weighted by molar-refractivity contribution is 6.30. The van der Waals surface area contributed by atoms with Gasteiger partial charge in [0.15, 0.2) is 0 Å². The van der Waals surface area contributed by atoms with Crippen LogP contribution < -0.4 is 4.90 Å². The first-order valence-corrected chi connectivity index (χ1v) is 5.40. The van der Waals surface area contributed by atoms with Gasteiger partial charge < -0.3 is 4.90 Å². The molecule has 0 saturated carbocycles. The highest BCUT2D eigenvalue weighted by Gasteiger charge is 2.33. The predicted molar refractivity (Wildman–Crippen MR) is 60.3 cm³/mol. The van der Waals surface area contributed by atoms with Crippen molar-refractivity contribution in [1.29, 1.82) is 0 Å². The standard InChI is InChI=1S/C10H13ClF3N3/c1-6(2)17(4-10(12,13)14)9-7(3)8(11)15-5-16-9/h5-6H,4H2,1-3H3. The first kappa shape index (κ1) is 14.0. The Morgan fingerprint density at radius 1 is 1.35 bits per heavy atom. The van der Waals surface area contributed by atoms with Crippen LogP contribution in [0.3, 0.4) is 0 Å². The third kappa shape index (κ3) is 3.73. The maximum Gasteiger partial charge on any atom is 0.405 e. The summed E-state index contributed by atoms with van der Waals surface area (Å²) in [5.41, 5.74) is 0.451. The van der Waals surface area contributed by atoms with E-state index in [2.05, 4.69) is 9.97 Å². The van der Waals surface area contributed by atoms with E-state index >= 15 is 0 Å². The molecule has 17 heavy (non-hydrogen) atoms. The third-order valence-electron chi connectivity index (χ3n) is 2.24. The zero-order valence-electron chi connectivity index (χ0n) is 9.72. The molecule has 0 spiro atoms. The van der Waals surface area contributed by atoms with Gasteiger partial charge in [0.05, 0.1) is 0 Å². The molecule has 1 heterocycles. The molecule has 0 aliphatic carbocycles. The second-order valence-corrected chi connectivity index (χ2v) is 4.31. The van der Waals surface area contributed by atoms with E-state index in [0.717, 1.165) is 11.2 Å². The first-order chi connectivity index (χ1) is 7.72. The van der Waals surface area contributed by atoms with Gasteiger partial charge in [0.25, 0.3) is 0 Å². The third-order valence-corrected chi connectivity index (χ3v) is 2.62. The van der Waals surface area contributed by atoms with Crippen LogP contribution in [0.2, 0.25) is 5.15 Å². The van der Waals surface area contributed by atoms with Crippen molar-refractivity contribution in [2.75, 3.05) is 11.4 Å². The second kappa shape index (κ2) is 5.08. The van der Waals surface area contributed by atoms with Crippen LogP contribution in [0, 0.1) is 6.92 Å². The lowest BCUT2D eigenvalue weighted by Gasteiger charge is -2.29. The van der Waals surface area contributed by atoms with Gasteiger partial charge in [0.1, 0.15) is 23.8 Å². The zero-order valence-corrected chi connectivity index (χ0v) is 10.5. The second-order valence-electron chi connectivity index (χ2n) is 3.95. The molecule has 0 unspecified atom stereocenters. The van der Waals surface area contributed by atoms with Crippen LogP contribution in [0.15, 0.2) is 6.33 Å².